The molecule has 0 amide bonds. The normalized spacial score (nSPS) is 9.71. The molecule has 0 aromatic heterocycles. The Labute approximate surface area is 109 Å². The highest BCUT2D eigenvalue weighted by atomic mass is 35.5. The molecule has 0 aliphatic carbocycles. The zero-order valence-electron chi connectivity index (χ0n) is 8.65. The number of hydrogen-bond acceptors (Lipinski definition) is 2. The van der Waals surface area contributed by atoms with Gasteiger partial charge in [-0.05, 0) is 36.4 Å². The van der Waals surface area contributed by atoms with Crippen molar-refractivity contribution in [3.05, 3.63) is 58.1 Å². The van der Waals surface area contributed by atoms with Crippen molar-refractivity contribution in [2.75, 3.05) is 0 Å². The summed E-state index contributed by atoms with van der Waals surface area (Å²) in [7, 11) is 0. The first kappa shape index (κ1) is 11.8. The Balaban J connectivity index is 2.28. The van der Waals surface area contributed by atoms with Gasteiger partial charge in [-0.15, -0.1) is 0 Å². The molecule has 0 fully saturated rings. The first-order valence-corrected chi connectivity index (χ1v) is 5.58. The van der Waals surface area contributed by atoms with Crippen LogP contribution in [0.2, 0.25) is 10.0 Å². The summed E-state index contributed by atoms with van der Waals surface area (Å²) in [6.07, 6.45) is 0. The summed E-state index contributed by atoms with van der Waals surface area (Å²) < 4.78 is 5.56. The maximum atomic E-state index is 8.77. The molecule has 4 heteroatoms. The lowest BCUT2D eigenvalue weighted by Gasteiger charge is -2.07. The van der Waals surface area contributed by atoms with E-state index in [9.17, 15) is 0 Å². The lowest BCUT2D eigenvalue weighted by molar-refractivity contribution is 0.483. The zero-order chi connectivity index (χ0) is 12.3. The fraction of sp³-hybridized carbons (Fsp3) is 0. The number of halogens is 2. The molecule has 2 nitrogen and oxygen atoms in total. The van der Waals surface area contributed by atoms with Crippen LogP contribution in [0.15, 0.2) is 42.5 Å². The zero-order valence-corrected chi connectivity index (χ0v) is 10.2. The molecule has 0 unspecified atom stereocenters. The topological polar surface area (TPSA) is 33.0 Å². The number of hydrogen-bond donors (Lipinski definition) is 0. The fourth-order valence-corrected chi connectivity index (χ4v) is 1.76. The average Bonchev–Trinajstić information content (AvgIpc) is 2.33. The van der Waals surface area contributed by atoms with Gasteiger partial charge in [0.2, 0.25) is 0 Å². The molecule has 2 aromatic rings. The SMILES string of the molecule is N#Cc1cccc(Oc2ccc(Cl)cc2Cl)c1. The van der Waals surface area contributed by atoms with E-state index in [0.29, 0.717) is 27.1 Å². The molecule has 0 heterocycles. The molecule has 84 valence electrons. The van der Waals surface area contributed by atoms with E-state index in [4.69, 9.17) is 33.2 Å². The molecule has 0 atom stereocenters. The molecule has 0 spiro atoms. The van der Waals surface area contributed by atoms with Gasteiger partial charge in [0, 0.05) is 5.02 Å². The number of nitriles is 1. The third kappa shape index (κ3) is 2.91. The highest BCUT2D eigenvalue weighted by Crippen LogP contribution is 2.31. The first-order valence-electron chi connectivity index (χ1n) is 4.82. The average molecular weight is 264 g/mol. The Hall–Kier alpha value is -1.69. The Bertz CT molecular complexity index is 590. The summed E-state index contributed by atoms with van der Waals surface area (Å²) in [6, 6.07) is 13.9. The largest absolute Gasteiger partial charge is 0.456 e. The lowest BCUT2D eigenvalue weighted by atomic mass is 10.2. The van der Waals surface area contributed by atoms with Crippen molar-refractivity contribution in [3.8, 4) is 17.6 Å². The van der Waals surface area contributed by atoms with Gasteiger partial charge in [0.25, 0.3) is 0 Å². The van der Waals surface area contributed by atoms with Crippen LogP contribution in [0, 0.1) is 11.3 Å². The van der Waals surface area contributed by atoms with Crippen LogP contribution < -0.4 is 4.74 Å². The monoisotopic (exact) mass is 263 g/mol. The van der Waals surface area contributed by atoms with Crippen molar-refractivity contribution in [2.45, 2.75) is 0 Å². The van der Waals surface area contributed by atoms with Crippen LogP contribution in [0.3, 0.4) is 0 Å². The van der Waals surface area contributed by atoms with Crippen molar-refractivity contribution >= 4 is 23.2 Å². The van der Waals surface area contributed by atoms with Gasteiger partial charge < -0.3 is 4.74 Å². The maximum Gasteiger partial charge on any atom is 0.146 e. The summed E-state index contributed by atoms with van der Waals surface area (Å²) in [5, 5.41) is 9.75. The van der Waals surface area contributed by atoms with Crippen molar-refractivity contribution in [1.29, 1.82) is 5.26 Å². The Kier molecular flexibility index (Phi) is 3.53. The summed E-state index contributed by atoms with van der Waals surface area (Å²) in [5.41, 5.74) is 0.535. The fourth-order valence-electron chi connectivity index (χ4n) is 1.31. The number of nitrogens with zero attached hydrogens (tertiary/aromatic N) is 1. The smallest absolute Gasteiger partial charge is 0.146 e. The van der Waals surface area contributed by atoms with E-state index in [1.807, 2.05) is 6.07 Å². The minimum atomic E-state index is 0.430. The van der Waals surface area contributed by atoms with Crippen LogP contribution in [0.1, 0.15) is 5.56 Å². The van der Waals surface area contributed by atoms with Gasteiger partial charge in [0.1, 0.15) is 11.5 Å². The number of ether oxygens (including phenoxy) is 1. The summed E-state index contributed by atoms with van der Waals surface area (Å²) in [5.74, 6) is 1.07. The minimum Gasteiger partial charge on any atom is -0.456 e. The molecule has 2 rings (SSSR count). The molecule has 0 bridgehead atoms. The molecule has 0 saturated carbocycles. The third-order valence-electron chi connectivity index (χ3n) is 2.08. The lowest BCUT2D eigenvalue weighted by Crippen LogP contribution is -1.86. The van der Waals surface area contributed by atoms with E-state index in [0.717, 1.165) is 0 Å². The number of benzene rings is 2. The van der Waals surface area contributed by atoms with Gasteiger partial charge in [0.05, 0.1) is 16.7 Å². The van der Waals surface area contributed by atoms with Gasteiger partial charge in [-0.2, -0.15) is 5.26 Å². The van der Waals surface area contributed by atoms with Gasteiger partial charge in [-0.1, -0.05) is 29.3 Å². The van der Waals surface area contributed by atoms with Crippen LogP contribution in [0.5, 0.6) is 11.5 Å². The molecule has 0 saturated heterocycles. The second-order valence-corrected chi connectivity index (χ2v) is 4.16. The van der Waals surface area contributed by atoms with E-state index < -0.39 is 0 Å². The van der Waals surface area contributed by atoms with E-state index >= 15 is 0 Å². The summed E-state index contributed by atoms with van der Waals surface area (Å²) >= 11 is 11.8. The predicted octanol–water partition coefficient (Wildman–Crippen LogP) is 4.66. The predicted molar refractivity (Wildman–Crippen MR) is 67.7 cm³/mol. The Morgan fingerprint density at radius 1 is 1.06 bits per heavy atom. The summed E-state index contributed by atoms with van der Waals surface area (Å²) in [4.78, 5) is 0. The van der Waals surface area contributed by atoms with Gasteiger partial charge in [-0.3, -0.25) is 0 Å². The molecular formula is C13H7Cl2NO. The molecule has 0 radical (unpaired) electrons. The van der Waals surface area contributed by atoms with Crippen molar-refractivity contribution < 1.29 is 4.74 Å². The third-order valence-corrected chi connectivity index (χ3v) is 2.62. The second kappa shape index (κ2) is 5.09. The van der Waals surface area contributed by atoms with Gasteiger partial charge in [0.15, 0.2) is 0 Å². The van der Waals surface area contributed by atoms with Crippen molar-refractivity contribution in [2.24, 2.45) is 0 Å². The molecule has 17 heavy (non-hydrogen) atoms. The van der Waals surface area contributed by atoms with Crippen LogP contribution >= 0.6 is 23.2 Å². The molecule has 2 aromatic carbocycles. The van der Waals surface area contributed by atoms with E-state index in [1.54, 1.807) is 42.5 Å². The Morgan fingerprint density at radius 2 is 1.88 bits per heavy atom. The van der Waals surface area contributed by atoms with Crippen LogP contribution in [0.4, 0.5) is 0 Å². The molecule has 0 aliphatic heterocycles. The second-order valence-electron chi connectivity index (χ2n) is 3.32. The highest BCUT2D eigenvalue weighted by molar-refractivity contribution is 6.35. The van der Waals surface area contributed by atoms with E-state index in [1.165, 1.54) is 0 Å². The van der Waals surface area contributed by atoms with Gasteiger partial charge in [-0.25, -0.2) is 0 Å². The quantitative estimate of drug-likeness (QED) is 0.790. The van der Waals surface area contributed by atoms with E-state index in [-0.39, 0.29) is 0 Å². The van der Waals surface area contributed by atoms with Gasteiger partial charge >= 0.3 is 0 Å². The molecular weight excluding hydrogens is 257 g/mol. The maximum absolute atomic E-state index is 8.77. The first-order chi connectivity index (χ1) is 8.19. The molecule has 0 N–H and O–H groups in total. The minimum absolute atomic E-state index is 0.430. The van der Waals surface area contributed by atoms with E-state index in [2.05, 4.69) is 0 Å². The van der Waals surface area contributed by atoms with Crippen molar-refractivity contribution in [1.82, 2.24) is 0 Å². The molecule has 0 aliphatic rings. The Morgan fingerprint density at radius 3 is 2.59 bits per heavy atom. The van der Waals surface area contributed by atoms with Crippen molar-refractivity contribution in [3.63, 3.8) is 0 Å². The van der Waals surface area contributed by atoms with Crippen LogP contribution in [0.25, 0.3) is 0 Å². The summed E-state index contributed by atoms with van der Waals surface area (Å²) in [6.45, 7) is 0. The number of rotatable bonds is 2. The van der Waals surface area contributed by atoms with Crippen LogP contribution in [-0.4, -0.2) is 0 Å². The van der Waals surface area contributed by atoms with Crippen LogP contribution in [-0.2, 0) is 0 Å². The highest BCUT2D eigenvalue weighted by Gasteiger charge is 2.04. The standard InChI is InChI=1S/C13H7Cl2NO/c14-10-4-5-13(12(15)7-10)17-11-3-1-2-9(6-11)8-16/h1-7H.